The molecule has 0 aromatic carbocycles. The van der Waals surface area contributed by atoms with Gasteiger partial charge >= 0.3 is 0 Å². The Morgan fingerprint density at radius 3 is 2.46 bits per heavy atom. The summed E-state index contributed by atoms with van der Waals surface area (Å²) < 4.78 is 0. The molecule has 0 fully saturated rings. The first kappa shape index (κ1) is 10.3. The zero-order chi connectivity index (χ0) is 9.84. The maximum Gasteiger partial charge on any atom is 0.151 e. The van der Waals surface area contributed by atoms with E-state index in [1.54, 1.807) is 0 Å². The van der Waals surface area contributed by atoms with Crippen LogP contribution >= 0.6 is 11.6 Å². The lowest BCUT2D eigenvalue weighted by Gasteiger charge is -2.21. The van der Waals surface area contributed by atoms with E-state index < -0.39 is 0 Å². The van der Waals surface area contributed by atoms with Gasteiger partial charge in [-0.05, 0) is 26.0 Å². The summed E-state index contributed by atoms with van der Waals surface area (Å²) >= 11 is 5.61. The van der Waals surface area contributed by atoms with Crippen LogP contribution in [-0.2, 0) is 5.88 Å². The number of hydrogen-bond donors (Lipinski definition) is 0. The first-order valence-electron chi connectivity index (χ1n) is 4.26. The highest BCUT2D eigenvalue weighted by atomic mass is 35.5. The van der Waals surface area contributed by atoms with E-state index >= 15 is 0 Å². The molecule has 0 unspecified atom stereocenters. The summed E-state index contributed by atoms with van der Waals surface area (Å²) in [6, 6.07) is 4.26. The lowest BCUT2D eigenvalue weighted by molar-refractivity contribution is 0.731. The van der Waals surface area contributed by atoms with Crippen LogP contribution in [0, 0.1) is 0 Å². The number of hydrogen-bond acceptors (Lipinski definition) is 3. The van der Waals surface area contributed by atoms with Crippen molar-refractivity contribution in [3.8, 4) is 0 Å². The van der Waals surface area contributed by atoms with Gasteiger partial charge < -0.3 is 4.90 Å². The fraction of sp³-hybridized carbons (Fsp3) is 0.556. The molecule has 0 N–H and O–H groups in total. The topological polar surface area (TPSA) is 29.0 Å². The molecule has 1 aromatic rings. The Balaban J connectivity index is 2.79. The third-order valence-corrected chi connectivity index (χ3v) is 2.25. The molecule has 0 amide bonds. The van der Waals surface area contributed by atoms with Crippen molar-refractivity contribution in [1.82, 2.24) is 10.2 Å². The predicted molar refractivity (Wildman–Crippen MR) is 55.1 cm³/mol. The smallest absolute Gasteiger partial charge is 0.151 e. The van der Waals surface area contributed by atoms with Crippen molar-refractivity contribution < 1.29 is 0 Å². The van der Waals surface area contributed by atoms with Gasteiger partial charge in [0.2, 0.25) is 0 Å². The fourth-order valence-electron chi connectivity index (χ4n) is 0.877. The van der Waals surface area contributed by atoms with E-state index in [0.717, 1.165) is 11.5 Å². The standard InChI is InChI=1S/C9H14ClN3/c1-7(2)13(3)9-5-4-8(6-10)11-12-9/h4-5,7H,6H2,1-3H3. The average Bonchev–Trinajstić information content (AvgIpc) is 2.17. The van der Waals surface area contributed by atoms with Crippen molar-refractivity contribution in [3.63, 3.8) is 0 Å². The Hall–Kier alpha value is -0.830. The number of rotatable bonds is 3. The van der Waals surface area contributed by atoms with E-state index in [0.29, 0.717) is 11.9 Å². The van der Waals surface area contributed by atoms with Crippen LogP contribution in [0.5, 0.6) is 0 Å². The summed E-state index contributed by atoms with van der Waals surface area (Å²) in [5.74, 6) is 1.29. The number of aromatic nitrogens is 2. The van der Waals surface area contributed by atoms with E-state index in [1.165, 1.54) is 0 Å². The minimum atomic E-state index is 0.415. The molecule has 0 aliphatic rings. The normalized spacial score (nSPS) is 10.5. The highest BCUT2D eigenvalue weighted by molar-refractivity contribution is 6.16. The van der Waals surface area contributed by atoms with Crippen LogP contribution in [0.15, 0.2) is 12.1 Å². The molecule has 0 aliphatic carbocycles. The Labute approximate surface area is 83.7 Å². The molecular weight excluding hydrogens is 186 g/mol. The van der Waals surface area contributed by atoms with Crippen molar-refractivity contribution in [2.24, 2.45) is 0 Å². The molecular formula is C9H14ClN3. The highest BCUT2D eigenvalue weighted by Crippen LogP contribution is 2.10. The first-order valence-corrected chi connectivity index (χ1v) is 4.80. The van der Waals surface area contributed by atoms with Crippen molar-refractivity contribution in [2.45, 2.75) is 25.8 Å². The summed E-state index contributed by atoms with van der Waals surface area (Å²) in [5.41, 5.74) is 0.808. The quantitative estimate of drug-likeness (QED) is 0.698. The third-order valence-electron chi connectivity index (χ3n) is 1.98. The summed E-state index contributed by atoms with van der Waals surface area (Å²) in [6.45, 7) is 4.22. The van der Waals surface area contributed by atoms with Crippen LogP contribution in [0.1, 0.15) is 19.5 Å². The van der Waals surface area contributed by atoms with Crippen LogP contribution < -0.4 is 4.90 Å². The Kier molecular flexibility index (Phi) is 3.48. The summed E-state index contributed by atoms with van der Waals surface area (Å²) in [7, 11) is 2.00. The van der Waals surface area contributed by atoms with Gasteiger partial charge in [-0.3, -0.25) is 0 Å². The molecule has 0 aliphatic heterocycles. The van der Waals surface area contributed by atoms with Crippen LogP contribution in [-0.4, -0.2) is 23.3 Å². The van der Waals surface area contributed by atoms with Crippen molar-refractivity contribution in [3.05, 3.63) is 17.8 Å². The average molecular weight is 200 g/mol. The fourth-order valence-corrected chi connectivity index (χ4v) is 1.02. The van der Waals surface area contributed by atoms with E-state index in [1.807, 2.05) is 19.2 Å². The Morgan fingerprint density at radius 2 is 2.08 bits per heavy atom. The van der Waals surface area contributed by atoms with Gasteiger partial charge in [-0.15, -0.1) is 16.7 Å². The minimum absolute atomic E-state index is 0.415. The van der Waals surface area contributed by atoms with Gasteiger partial charge in [0.15, 0.2) is 5.82 Å². The van der Waals surface area contributed by atoms with Crippen molar-refractivity contribution in [1.29, 1.82) is 0 Å². The lowest BCUT2D eigenvalue weighted by atomic mass is 10.3. The van der Waals surface area contributed by atoms with Crippen LogP contribution in [0.4, 0.5) is 5.82 Å². The van der Waals surface area contributed by atoms with Gasteiger partial charge in [-0.2, -0.15) is 5.10 Å². The van der Waals surface area contributed by atoms with Gasteiger partial charge in [0.25, 0.3) is 0 Å². The molecule has 72 valence electrons. The summed E-state index contributed by atoms with van der Waals surface area (Å²) in [5, 5.41) is 8.04. The molecule has 0 saturated carbocycles. The van der Waals surface area contributed by atoms with Gasteiger partial charge in [0.05, 0.1) is 11.6 Å². The number of alkyl halides is 1. The molecule has 0 radical (unpaired) electrons. The van der Waals surface area contributed by atoms with Crippen LogP contribution in [0.25, 0.3) is 0 Å². The predicted octanol–water partition coefficient (Wildman–Crippen LogP) is 2.06. The second kappa shape index (κ2) is 4.42. The van der Waals surface area contributed by atoms with Crippen LogP contribution in [0.3, 0.4) is 0 Å². The summed E-state index contributed by atoms with van der Waals surface area (Å²) in [6.07, 6.45) is 0. The SMILES string of the molecule is CC(C)N(C)c1ccc(CCl)nn1. The van der Waals surface area contributed by atoms with Crippen LogP contribution in [0.2, 0.25) is 0 Å². The highest BCUT2D eigenvalue weighted by Gasteiger charge is 2.06. The van der Waals surface area contributed by atoms with Gasteiger partial charge in [-0.1, -0.05) is 0 Å². The van der Waals surface area contributed by atoms with Gasteiger partial charge in [0.1, 0.15) is 0 Å². The maximum atomic E-state index is 5.61. The van der Waals surface area contributed by atoms with Gasteiger partial charge in [0, 0.05) is 13.1 Å². The van der Waals surface area contributed by atoms with Gasteiger partial charge in [-0.25, -0.2) is 0 Å². The first-order chi connectivity index (χ1) is 6.15. The van der Waals surface area contributed by atoms with E-state index in [9.17, 15) is 0 Å². The maximum absolute atomic E-state index is 5.61. The molecule has 1 rings (SSSR count). The molecule has 1 aromatic heterocycles. The lowest BCUT2D eigenvalue weighted by Crippen LogP contribution is -2.26. The minimum Gasteiger partial charge on any atom is -0.356 e. The molecule has 0 atom stereocenters. The largest absolute Gasteiger partial charge is 0.356 e. The van der Waals surface area contributed by atoms with Crippen molar-refractivity contribution in [2.75, 3.05) is 11.9 Å². The molecule has 0 spiro atoms. The molecule has 13 heavy (non-hydrogen) atoms. The number of anilines is 1. The molecule has 4 heteroatoms. The number of nitrogens with zero attached hydrogens (tertiary/aromatic N) is 3. The molecule has 0 bridgehead atoms. The second-order valence-electron chi connectivity index (χ2n) is 3.22. The Morgan fingerprint density at radius 1 is 1.38 bits per heavy atom. The van der Waals surface area contributed by atoms with E-state index in [2.05, 4.69) is 28.9 Å². The van der Waals surface area contributed by atoms with Crippen molar-refractivity contribution >= 4 is 17.4 Å². The van der Waals surface area contributed by atoms with E-state index in [4.69, 9.17) is 11.6 Å². The zero-order valence-corrected chi connectivity index (χ0v) is 8.91. The number of halogens is 1. The zero-order valence-electron chi connectivity index (χ0n) is 8.16. The molecule has 0 saturated heterocycles. The second-order valence-corrected chi connectivity index (χ2v) is 3.49. The molecule has 1 heterocycles. The molecule has 3 nitrogen and oxygen atoms in total. The third kappa shape index (κ3) is 2.56. The monoisotopic (exact) mass is 199 g/mol. The Bertz CT molecular complexity index is 258. The van der Waals surface area contributed by atoms with E-state index in [-0.39, 0.29) is 0 Å². The summed E-state index contributed by atoms with van der Waals surface area (Å²) in [4.78, 5) is 2.06.